The summed E-state index contributed by atoms with van der Waals surface area (Å²) >= 11 is 0. The standard InChI is InChI=1S/C13H14F2N4O/c1-18-6-7(2-5-10(18)20)19-12-9(17-13(19)16)4-3-8(14)11(12)15/h3-4,7H,2,5-6H2,1H3,(H2,16,17). The Labute approximate surface area is 114 Å². The van der Waals surface area contributed by atoms with Crippen LogP contribution in [0.5, 0.6) is 0 Å². The summed E-state index contributed by atoms with van der Waals surface area (Å²) in [7, 11) is 1.68. The van der Waals surface area contributed by atoms with Crippen molar-refractivity contribution in [2.24, 2.45) is 0 Å². The highest BCUT2D eigenvalue weighted by molar-refractivity contribution is 5.80. The first-order chi connectivity index (χ1) is 9.49. The summed E-state index contributed by atoms with van der Waals surface area (Å²) in [5, 5.41) is 0. The van der Waals surface area contributed by atoms with Crippen molar-refractivity contribution in [2.75, 3.05) is 19.3 Å². The number of imidazole rings is 1. The molecule has 1 aromatic carbocycles. The van der Waals surface area contributed by atoms with E-state index in [1.807, 2.05) is 0 Å². The molecule has 1 amide bonds. The molecule has 1 atom stereocenters. The minimum atomic E-state index is -0.953. The molecule has 106 valence electrons. The van der Waals surface area contributed by atoms with Crippen molar-refractivity contribution in [3.8, 4) is 0 Å². The van der Waals surface area contributed by atoms with E-state index >= 15 is 0 Å². The van der Waals surface area contributed by atoms with Crippen LogP contribution in [0.2, 0.25) is 0 Å². The fourth-order valence-corrected chi connectivity index (χ4v) is 2.71. The maximum atomic E-state index is 14.0. The zero-order valence-electron chi connectivity index (χ0n) is 10.9. The number of nitrogen functional groups attached to an aromatic ring is 1. The zero-order valence-corrected chi connectivity index (χ0v) is 10.9. The molecule has 0 saturated carbocycles. The van der Waals surface area contributed by atoms with E-state index in [4.69, 9.17) is 5.73 Å². The molecule has 1 saturated heterocycles. The number of amides is 1. The Hall–Kier alpha value is -2.18. The van der Waals surface area contributed by atoms with Crippen LogP contribution in [0.3, 0.4) is 0 Å². The van der Waals surface area contributed by atoms with E-state index in [1.165, 1.54) is 10.6 Å². The minimum Gasteiger partial charge on any atom is -0.369 e. The van der Waals surface area contributed by atoms with Crippen molar-refractivity contribution >= 4 is 22.9 Å². The molecule has 3 rings (SSSR count). The summed E-state index contributed by atoms with van der Waals surface area (Å²) in [5.41, 5.74) is 6.23. The van der Waals surface area contributed by atoms with Gasteiger partial charge in [0.2, 0.25) is 11.9 Å². The number of carbonyl (C=O) groups excluding carboxylic acids is 1. The number of hydrogen-bond donors (Lipinski definition) is 1. The molecule has 1 aromatic heterocycles. The molecule has 1 unspecified atom stereocenters. The third-order valence-electron chi connectivity index (χ3n) is 3.74. The van der Waals surface area contributed by atoms with Crippen LogP contribution in [-0.4, -0.2) is 34.0 Å². The van der Waals surface area contributed by atoms with E-state index in [2.05, 4.69) is 4.98 Å². The van der Waals surface area contributed by atoms with Crippen LogP contribution < -0.4 is 5.73 Å². The highest BCUT2D eigenvalue weighted by Crippen LogP contribution is 2.31. The summed E-state index contributed by atoms with van der Waals surface area (Å²) in [6.45, 7) is 0.407. The van der Waals surface area contributed by atoms with Gasteiger partial charge >= 0.3 is 0 Å². The first-order valence-electron chi connectivity index (χ1n) is 6.34. The molecule has 20 heavy (non-hydrogen) atoms. The second-order valence-corrected chi connectivity index (χ2v) is 5.04. The average Bonchev–Trinajstić information content (AvgIpc) is 2.74. The Balaban J connectivity index is 2.13. The molecule has 0 radical (unpaired) electrons. The molecule has 2 aromatic rings. The van der Waals surface area contributed by atoms with Crippen LogP contribution in [0.1, 0.15) is 18.9 Å². The van der Waals surface area contributed by atoms with E-state index in [0.717, 1.165) is 6.07 Å². The molecule has 2 N–H and O–H groups in total. The molecule has 1 fully saturated rings. The van der Waals surface area contributed by atoms with E-state index in [9.17, 15) is 13.6 Å². The van der Waals surface area contributed by atoms with Crippen LogP contribution in [0.4, 0.5) is 14.7 Å². The highest BCUT2D eigenvalue weighted by Gasteiger charge is 2.28. The normalized spacial score (nSPS) is 19.9. The lowest BCUT2D eigenvalue weighted by Gasteiger charge is -2.31. The van der Waals surface area contributed by atoms with Gasteiger partial charge in [-0.25, -0.2) is 13.8 Å². The molecular weight excluding hydrogens is 266 g/mol. The van der Waals surface area contributed by atoms with Gasteiger partial charge in [0.05, 0.1) is 11.6 Å². The highest BCUT2D eigenvalue weighted by atomic mass is 19.2. The molecule has 1 aliphatic heterocycles. The molecule has 0 spiro atoms. The number of aromatic nitrogens is 2. The average molecular weight is 280 g/mol. The van der Waals surface area contributed by atoms with E-state index in [1.54, 1.807) is 11.9 Å². The van der Waals surface area contributed by atoms with Crippen LogP contribution in [-0.2, 0) is 4.79 Å². The SMILES string of the molecule is CN1CC(n2c(N)nc3ccc(F)c(F)c32)CCC1=O. The Kier molecular flexibility index (Phi) is 2.84. The maximum absolute atomic E-state index is 14.0. The summed E-state index contributed by atoms with van der Waals surface area (Å²) in [5.74, 6) is -1.71. The Bertz CT molecular complexity index is 697. The molecular formula is C13H14F2N4O. The first kappa shape index (κ1) is 12.8. The van der Waals surface area contributed by atoms with Crippen molar-refractivity contribution in [1.29, 1.82) is 0 Å². The third kappa shape index (κ3) is 1.81. The zero-order chi connectivity index (χ0) is 14.4. The quantitative estimate of drug-likeness (QED) is 0.864. The van der Waals surface area contributed by atoms with Gasteiger partial charge in [0.15, 0.2) is 11.6 Å². The summed E-state index contributed by atoms with van der Waals surface area (Å²) in [6, 6.07) is 2.24. The number of halogens is 2. The van der Waals surface area contributed by atoms with Crippen molar-refractivity contribution in [3.63, 3.8) is 0 Å². The fourth-order valence-electron chi connectivity index (χ4n) is 2.71. The lowest BCUT2D eigenvalue weighted by atomic mass is 10.1. The van der Waals surface area contributed by atoms with Crippen molar-refractivity contribution < 1.29 is 13.6 Å². The fraction of sp³-hybridized carbons (Fsp3) is 0.385. The van der Waals surface area contributed by atoms with E-state index < -0.39 is 11.6 Å². The number of likely N-dealkylation sites (N-methyl/N-ethyl adjacent to an activating group) is 1. The van der Waals surface area contributed by atoms with Crippen LogP contribution in [0.25, 0.3) is 11.0 Å². The van der Waals surface area contributed by atoms with Gasteiger partial charge in [0.1, 0.15) is 5.52 Å². The molecule has 2 heterocycles. The van der Waals surface area contributed by atoms with Crippen molar-refractivity contribution in [1.82, 2.24) is 14.5 Å². The predicted molar refractivity (Wildman–Crippen MR) is 70.0 cm³/mol. The Morgan fingerprint density at radius 3 is 2.85 bits per heavy atom. The molecule has 1 aliphatic rings. The number of nitrogens with zero attached hydrogens (tertiary/aromatic N) is 3. The van der Waals surface area contributed by atoms with Crippen molar-refractivity contribution in [3.05, 3.63) is 23.8 Å². The summed E-state index contributed by atoms with van der Waals surface area (Å²) in [6.07, 6.45) is 0.895. The number of piperidine rings is 1. The maximum Gasteiger partial charge on any atom is 0.222 e. The smallest absolute Gasteiger partial charge is 0.222 e. The van der Waals surface area contributed by atoms with Crippen molar-refractivity contribution in [2.45, 2.75) is 18.9 Å². The minimum absolute atomic E-state index is 0.0379. The lowest BCUT2D eigenvalue weighted by Crippen LogP contribution is -2.38. The van der Waals surface area contributed by atoms with E-state index in [-0.39, 0.29) is 23.4 Å². The number of nitrogens with two attached hydrogens (primary N) is 1. The number of likely N-dealkylation sites (tertiary alicyclic amines) is 1. The number of carbonyl (C=O) groups is 1. The van der Waals surface area contributed by atoms with Crippen LogP contribution in [0.15, 0.2) is 12.1 Å². The van der Waals surface area contributed by atoms with Crippen LogP contribution >= 0.6 is 0 Å². The molecule has 0 aliphatic carbocycles. The largest absolute Gasteiger partial charge is 0.369 e. The molecule has 5 nitrogen and oxygen atoms in total. The topological polar surface area (TPSA) is 64.2 Å². The van der Waals surface area contributed by atoms with E-state index in [0.29, 0.717) is 24.9 Å². The number of benzene rings is 1. The number of anilines is 1. The Morgan fingerprint density at radius 1 is 1.40 bits per heavy atom. The first-order valence-corrected chi connectivity index (χ1v) is 6.34. The predicted octanol–water partition coefficient (Wildman–Crippen LogP) is 1.69. The molecule has 0 bridgehead atoms. The third-order valence-corrected chi connectivity index (χ3v) is 3.74. The van der Waals surface area contributed by atoms with Gasteiger partial charge in [-0.05, 0) is 18.6 Å². The lowest BCUT2D eigenvalue weighted by molar-refractivity contribution is -0.132. The van der Waals surface area contributed by atoms with Crippen LogP contribution in [0, 0.1) is 11.6 Å². The number of rotatable bonds is 1. The second kappa shape index (κ2) is 4.43. The Morgan fingerprint density at radius 2 is 2.15 bits per heavy atom. The van der Waals surface area contributed by atoms with Gasteiger partial charge in [0, 0.05) is 20.0 Å². The monoisotopic (exact) mass is 280 g/mol. The number of fused-ring (bicyclic) bond motifs is 1. The molecule has 7 heteroatoms. The summed E-state index contributed by atoms with van der Waals surface area (Å²) < 4.78 is 28.9. The summed E-state index contributed by atoms with van der Waals surface area (Å²) in [4.78, 5) is 17.1. The van der Waals surface area contributed by atoms with Gasteiger partial charge < -0.3 is 15.2 Å². The van der Waals surface area contributed by atoms with Gasteiger partial charge in [0.25, 0.3) is 0 Å². The number of hydrogen-bond acceptors (Lipinski definition) is 3. The van der Waals surface area contributed by atoms with Gasteiger partial charge in [-0.2, -0.15) is 0 Å². The van der Waals surface area contributed by atoms with Gasteiger partial charge in [-0.1, -0.05) is 0 Å². The van der Waals surface area contributed by atoms with Gasteiger partial charge in [-0.15, -0.1) is 0 Å². The van der Waals surface area contributed by atoms with Gasteiger partial charge in [-0.3, -0.25) is 4.79 Å². The second-order valence-electron chi connectivity index (χ2n) is 5.04.